The van der Waals surface area contributed by atoms with Gasteiger partial charge in [-0.2, -0.15) is 0 Å². The van der Waals surface area contributed by atoms with Crippen LogP contribution in [0.1, 0.15) is 39.2 Å². The average molecular weight is 399 g/mol. The summed E-state index contributed by atoms with van der Waals surface area (Å²) < 4.78 is 15.9. The fraction of sp³-hybridized carbons (Fsp3) is 0.650. The highest BCUT2D eigenvalue weighted by atomic mass is 35.5. The van der Waals surface area contributed by atoms with Gasteiger partial charge in [0.15, 0.2) is 0 Å². The van der Waals surface area contributed by atoms with Gasteiger partial charge in [0.25, 0.3) is 0 Å². The highest BCUT2D eigenvalue weighted by molar-refractivity contribution is 6.32. The molecule has 27 heavy (non-hydrogen) atoms. The minimum atomic E-state index is -0.469. The van der Waals surface area contributed by atoms with Crippen molar-refractivity contribution in [3.63, 3.8) is 0 Å². The van der Waals surface area contributed by atoms with Gasteiger partial charge in [0.05, 0.1) is 11.6 Å². The number of hydrogen-bond donors (Lipinski definition) is 1. The zero-order valence-electron chi connectivity index (χ0n) is 16.7. The lowest BCUT2D eigenvalue weighted by Crippen LogP contribution is -2.45. The lowest BCUT2D eigenvalue weighted by atomic mass is 10.0. The number of ether oxygens (including phenoxy) is 3. The maximum absolute atomic E-state index is 11.9. The van der Waals surface area contributed by atoms with Crippen LogP contribution in [-0.4, -0.2) is 56.0 Å². The van der Waals surface area contributed by atoms with Crippen molar-refractivity contribution >= 4 is 17.7 Å². The number of hydrogen-bond acceptors (Lipinski definition) is 5. The monoisotopic (exact) mass is 398 g/mol. The maximum atomic E-state index is 11.9. The Morgan fingerprint density at radius 2 is 1.96 bits per heavy atom. The molecule has 0 radical (unpaired) electrons. The van der Waals surface area contributed by atoms with Crippen molar-refractivity contribution < 1.29 is 19.0 Å². The van der Waals surface area contributed by atoms with E-state index < -0.39 is 5.60 Å². The van der Waals surface area contributed by atoms with E-state index >= 15 is 0 Å². The summed E-state index contributed by atoms with van der Waals surface area (Å²) in [5, 5.41) is 3.58. The van der Waals surface area contributed by atoms with Gasteiger partial charge >= 0.3 is 6.09 Å². The Kier molecular flexibility index (Phi) is 8.20. The topological polar surface area (TPSA) is 60.0 Å². The van der Waals surface area contributed by atoms with Crippen LogP contribution >= 0.6 is 11.6 Å². The molecule has 0 saturated carbocycles. The highest BCUT2D eigenvalue weighted by Gasteiger charge is 2.23. The first kappa shape index (κ1) is 21.8. The number of amides is 1. The lowest BCUT2D eigenvalue weighted by Gasteiger charge is -2.32. The third kappa shape index (κ3) is 7.95. The van der Waals surface area contributed by atoms with Gasteiger partial charge in [-0.1, -0.05) is 17.7 Å². The van der Waals surface area contributed by atoms with Crippen molar-refractivity contribution in [3.05, 3.63) is 28.8 Å². The molecule has 1 N–H and O–H groups in total. The summed E-state index contributed by atoms with van der Waals surface area (Å²) in [7, 11) is 1.64. The fourth-order valence-electron chi connectivity index (χ4n) is 2.96. The van der Waals surface area contributed by atoms with Gasteiger partial charge in [0, 0.05) is 32.8 Å². The van der Waals surface area contributed by atoms with Gasteiger partial charge in [-0.15, -0.1) is 0 Å². The minimum absolute atomic E-state index is 0.163. The quantitative estimate of drug-likeness (QED) is 0.707. The second-order valence-corrected chi connectivity index (χ2v) is 8.21. The van der Waals surface area contributed by atoms with Crippen LogP contribution < -0.4 is 10.1 Å². The predicted octanol–water partition coefficient (Wildman–Crippen LogP) is 3.85. The first-order chi connectivity index (χ1) is 12.8. The van der Waals surface area contributed by atoms with Crippen LogP contribution in [0.4, 0.5) is 4.79 Å². The molecule has 0 aromatic heterocycles. The van der Waals surface area contributed by atoms with Gasteiger partial charge in [0.2, 0.25) is 0 Å². The van der Waals surface area contributed by atoms with E-state index in [-0.39, 0.29) is 12.1 Å². The standard InChI is InChI=1S/C20H31ClN2O4/c1-20(2,3)27-19(24)22-16-7-9-23(10-8-16)14-15-5-6-18(17(21)13-15)26-12-11-25-4/h5-6,13,16H,7-12,14H2,1-4H3,(H,22,24). The molecule has 1 aliphatic rings. The van der Waals surface area contributed by atoms with Gasteiger partial charge in [-0.3, -0.25) is 4.90 Å². The van der Waals surface area contributed by atoms with Gasteiger partial charge in [-0.25, -0.2) is 4.79 Å². The largest absolute Gasteiger partial charge is 0.490 e. The molecule has 1 fully saturated rings. The van der Waals surface area contributed by atoms with Crippen LogP contribution in [0.3, 0.4) is 0 Å². The first-order valence-corrected chi connectivity index (χ1v) is 9.76. The molecule has 2 rings (SSSR count). The predicted molar refractivity (Wildman–Crippen MR) is 106 cm³/mol. The normalized spacial score (nSPS) is 16.2. The summed E-state index contributed by atoms with van der Waals surface area (Å²) in [6.45, 7) is 9.29. The number of halogens is 1. The third-order valence-corrected chi connectivity index (χ3v) is 4.55. The zero-order chi connectivity index (χ0) is 19.9. The van der Waals surface area contributed by atoms with E-state index in [1.165, 1.54) is 0 Å². The van der Waals surface area contributed by atoms with E-state index in [9.17, 15) is 4.79 Å². The lowest BCUT2D eigenvalue weighted by molar-refractivity contribution is 0.0477. The van der Waals surface area contributed by atoms with E-state index in [1.807, 2.05) is 39.0 Å². The molecule has 1 aromatic rings. The van der Waals surface area contributed by atoms with Crippen molar-refractivity contribution in [2.75, 3.05) is 33.4 Å². The summed E-state index contributed by atoms with van der Waals surface area (Å²) in [5.74, 6) is 0.678. The van der Waals surface area contributed by atoms with Crippen LogP contribution in [0, 0.1) is 0 Å². The van der Waals surface area contributed by atoms with E-state index in [0.717, 1.165) is 38.0 Å². The molecule has 1 aromatic carbocycles. The Morgan fingerprint density at radius 1 is 1.26 bits per heavy atom. The molecular weight excluding hydrogens is 368 g/mol. The van der Waals surface area contributed by atoms with Crippen LogP contribution in [0.15, 0.2) is 18.2 Å². The molecule has 0 unspecified atom stereocenters. The molecule has 7 heteroatoms. The van der Waals surface area contributed by atoms with E-state index in [1.54, 1.807) is 7.11 Å². The molecule has 1 heterocycles. The molecule has 0 atom stereocenters. The molecule has 1 amide bonds. The number of carbonyl (C=O) groups excluding carboxylic acids is 1. The number of likely N-dealkylation sites (tertiary alicyclic amines) is 1. The number of piperidine rings is 1. The van der Waals surface area contributed by atoms with E-state index in [0.29, 0.717) is 24.0 Å². The van der Waals surface area contributed by atoms with Crippen molar-refractivity contribution in [2.24, 2.45) is 0 Å². The highest BCUT2D eigenvalue weighted by Crippen LogP contribution is 2.26. The molecule has 0 aliphatic carbocycles. The number of alkyl carbamates (subject to hydrolysis) is 1. The second-order valence-electron chi connectivity index (χ2n) is 7.80. The van der Waals surface area contributed by atoms with Crippen molar-refractivity contribution in [3.8, 4) is 5.75 Å². The third-order valence-electron chi connectivity index (χ3n) is 4.26. The summed E-state index contributed by atoms with van der Waals surface area (Å²) in [5.41, 5.74) is 0.682. The van der Waals surface area contributed by atoms with E-state index in [4.69, 9.17) is 25.8 Å². The summed E-state index contributed by atoms with van der Waals surface area (Å²) in [6, 6.07) is 6.06. The maximum Gasteiger partial charge on any atom is 0.407 e. The molecule has 152 valence electrons. The Balaban J connectivity index is 1.77. The minimum Gasteiger partial charge on any atom is -0.490 e. The van der Waals surface area contributed by atoms with Crippen molar-refractivity contribution in [1.82, 2.24) is 10.2 Å². The molecular formula is C20H31ClN2O4. The Bertz CT molecular complexity index is 610. The Hall–Kier alpha value is -1.50. The van der Waals surface area contributed by atoms with E-state index in [2.05, 4.69) is 10.2 Å². The fourth-order valence-corrected chi connectivity index (χ4v) is 3.22. The number of rotatable bonds is 7. The summed E-state index contributed by atoms with van der Waals surface area (Å²) in [4.78, 5) is 14.2. The zero-order valence-corrected chi connectivity index (χ0v) is 17.5. The van der Waals surface area contributed by atoms with Crippen molar-refractivity contribution in [1.29, 1.82) is 0 Å². The summed E-state index contributed by atoms with van der Waals surface area (Å²) >= 11 is 6.31. The number of methoxy groups -OCH3 is 1. The molecule has 1 saturated heterocycles. The second kappa shape index (κ2) is 10.2. The SMILES string of the molecule is COCCOc1ccc(CN2CCC(NC(=O)OC(C)(C)C)CC2)cc1Cl. The van der Waals surface area contributed by atoms with Gasteiger partial charge in [0.1, 0.15) is 18.0 Å². The van der Waals surface area contributed by atoms with Crippen LogP contribution in [0.25, 0.3) is 0 Å². The van der Waals surface area contributed by atoms with Crippen LogP contribution in [0.5, 0.6) is 5.75 Å². The number of nitrogens with one attached hydrogen (secondary N) is 1. The molecule has 0 bridgehead atoms. The van der Waals surface area contributed by atoms with Gasteiger partial charge in [-0.05, 0) is 51.3 Å². The average Bonchev–Trinajstić information content (AvgIpc) is 2.57. The van der Waals surface area contributed by atoms with Gasteiger partial charge < -0.3 is 19.5 Å². The Labute approximate surface area is 167 Å². The number of nitrogens with zero attached hydrogens (tertiary/aromatic N) is 1. The molecule has 0 spiro atoms. The number of benzene rings is 1. The summed E-state index contributed by atoms with van der Waals surface area (Å²) in [6.07, 6.45) is 1.48. The Morgan fingerprint density at radius 3 is 2.56 bits per heavy atom. The first-order valence-electron chi connectivity index (χ1n) is 9.39. The smallest absolute Gasteiger partial charge is 0.407 e. The number of carbonyl (C=O) groups is 1. The van der Waals surface area contributed by atoms with Crippen LogP contribution in [0.2, 0.25) is 5.02 Å². The van der Waals surface area contributed by atoms with Crippen LogP contribution in [-0.2, 0) is 16.0 Å². The molecule has 6 nitrogen and oxygen atoms in total. The molecule has 1 aliphatic heterocycles. The van der Waals surface area contributed by atoms with Crippen molar-refractivity contribution in [2.45, 2.75) is 51.8 Å².